The molecule has 1 aromatic heterocycles. The van der Waals surface area contributed by atoms with Crippen LogP contribution in [0.4, 0.5) is 24.9 Å². The third kappa shape index (κ3) is 6.70. The number of benzene rings is 2. The number of alkyl halides is 3. The molecule has 4 N–H and O–H groups in total. The maximum absolute atomic E-state index is 14.2. The molecule has 3 heterocycles. The zero-order valence-electron chi connectivity index (χ0n) is 23.4. The van der Waals surface area contributed by atoms with Crippen LogP contribution < -0.4 is 25.4 Å². The molecule has 2 aromatic carbocycles. The van der Waals surface area contributed by atoms with Crippen molar-refractivity contribution < 1.29 is 32.5 Å². The van der Waals surface area contributed by atoms with Gasteiger partial charge in [0.2, 0.25) is 17.9 Å². The number of carboxylic acid groups (broad SMARTS) is 1. The maximum atomic E-state index is 14.2. The molecule has 2 aliphatic heterocycles. The second-order valence-corrected chi connectivity index (χ2v) is 11.2. The van der Waals surface area contributed by atoms with E-state index in [1.165, 1.54) is 18.2 Å². The normalized spacial score (nSPS) is 19.2. The number of ether oxygens (including phenoxy) is 2. The Labute approximate surface area is 241 Å². The van der Waals surface area contributed by atoms with Gasteiger partial charge in [-0.05, 0) is 61.8 Å². The molecule has 2 fully saturated rings. The quantitative estimate of drug-likeness (QED) is 0.326. The largest absolute Gasteiger partial charge is 0.491 e. The molecule has 2 atom stereocenters. The fourth-order valence-corrected chi connectivity index (χ4v) is 5.65. The molecule has 3 aromatic rings. The number of aromatic nitrogens is 2. The number of anilines is 2. The standard InChI is InChI=1S/C30H34F3N5O4/c1-18(2)41-22-5-3-4-21(14-22)19-6-8-20(9-7-19)26(30(31,32)33)42-25-15-24(36-28(34)37-25)38-12-10-29(11-13-38)16-23(27(39)40)35-17-29/h3-9,14-15,18,23,26,35H,10-13,16-17H2,1-2H3,(H,39,40)(H2,34,36,37)/t23-,26?/m0/s1. The molecule has 9 nitrogen and oxygen atoms in total. The molecule has 5 rings (SSSR count). The first-order chi connectivity index (χ1) is 19.9. The monoisotopic (exact) mass is 585 g/mol. The van der Waals surface area contributed by atoms with Crippen molar-refractivity contribution in [2.75, 3.05) is 30.3 Å². The summed E-state index contributed by atoms with van der Waals surface area (Å²) in [6.07, 6.45) is -5.03. The highest BCUT2D eigenvalue weighted by Crippen LogP contribution is 2.41. The minimum absolute atomic E-state index is 0.00797. The van der Waals surface area contributed by atoms with E-state index < -0.39 is 24.3 Å². The minimum Gasteiger partial charge on any atom is -0.491 e. The maximum Gasteiger partial charge on any atom is 0.429 e. The predicted octanol–water partition coefficient (Wildman–Crippen LogP) is 5.23. The van der Waals surface area contributed by atoms with Gasteiger partial charge in [0.15, 0.2) is 0 Å². The van der Waals surface area contributed by atoms with Crippen molar-refractivity contribution in [3.8, 4) is 22.8 Å². The number of nitrogens with one attached hydrogen (secondary N) is 1. The molecular weight excluding hydrogens is 551 g/mol. The van der Waals surface area contributed by atoms with Crippen LogP contribution in [0.3, 0.4) is 0 Å². The van der Waals surface area contributed by atoms with Gasteiger partial charge in [0.25, 0.3) is 0 Å². The average molecular weight is 586 g/mol. The van der Waals surface area contributed by atoms with Crippen LogP contribution in [0, 0.1) is 5.41 Å². The van der Waals surface area contributed by atoms with E-state index in [2.05, 4.69) is 15.3 Å². The van der Waals surface area contributed by atoms with E-state index in [4.69, 9.17) is 15.2 Å². The number of nitrogens with zero attached hydrogens (tertiary/aromatic N) is 3. The van der Waals surface area contributed by atoms with E-state index in [0.717, 1.165) is 11.1 Å². The van der Waals surface area contributed by atoms with Crippen molar-refractivity contribution >= 4 is 17.7 Å². The van der Waals surface area contributed by atoms with Gasteiger partial charge >= 0.3 is 12.1 Å². The Kier molecular flexibility index (Phi) is 8.18. The second-order valence-electron chi connectivity index (χ2n) is 11.2. The SMILES string of the molecule is CC(C)Oc1cccc(-c2ccc(C(Oc3cc(N4CCC5(CC4)CN[C@H](C(=O)O)C5)nc(N)n3)C(F)(F)F)cc2)c1. The summed E-state index contributed by atoms with van der Waals surface area (Å²) in [4.78, 5) is 21.5. The van der Waals surface area contributed by atoms with Crippen molar-refractivity contribution in [1.29, 1.82) is 0 Å². The lowest BCUT2D eigenvalue weighted by atomic mass is 9.76. The number of hydrogen-bond acceptors (Lipinski definition) is 8. The lowest BCUT2D eigenvalue weighted by molar-refractivity contribution is -0.198. The van der Waals surface area contributed by atoms with Gasteiger partial charge in [0.05, 0.1) is 6.10 Å². The Morgan fingerprint density at radius 1 is 1.07 bits per heavy atom. The number of halogens is 3. The zero-order valence-corrected chi connectivity index (χ0v) is 23.4. The smallest absolute Gasteiger partial charge is 0.429 e. The van der Waals surface area contributed by atoms with Crippen molar-refractivity contribution in [2.45, 2.75) is 57.5 Å². The van der Waals surface area contributed by atoms with E-state index in [0.29, 0.717) is 50.5 Å². The lowest BCUT2D eigenvalue weighted by Crippen LogP contribution is -2.41. The third-order valence-corrected chi connectivity index (χ3v) is 7.80. The van der Waals surface area contributed by atoms with Crippen LogP contribution in [-0.2, 0) is 4.79 Å². The summed E-state index contributed by atoms with van der Waals surface area (Å²) in [6.45, 7) is 5.55. The molecule has 2 saturated heterocycles. The Hall–Kier alpha value is -4.06. The van der Waals surface area contributed by atoms with Gasteiger partial charge in [0.1, 0.15) is 17.6 Å². The van der Waals surface area contributed by atoms with Gasteiger partial charge in [-0.2, -0.15) is 23.1 Å². The van der Waals surface area contributed by atoms with E-state index >= 15 is 0 Å². The van der Waals surface area contributed by atoms with Gasteiger partial charge in [0, 0.05) is 31.3 Å². The number of carbonyl (C=O) groups is 1. The van der Waals surface area contributed by atoms with E-state index in [1.807, 2.05) is 43.0 Å². The summed E-state index contributed by atoms with van der Waals surface area (Å²) in [6, 6.07) is 14.2. The van der Waals surface area contributed by atoms with Crippen LogP contribution in [0.1, 0.15) is 44.8 Å². The third-order valence-electron chi connectivity index (χ3n) is 7.80. The Morgan fingerprint density at radius 2 is 1.79 bits per heavy atom. The molecule has 1 unspecified atom stereocenters. The van der Waals surface area contributed by atoms with Crippen LogP contribution in [0.5, 0.6) is 11.6 Å². The molecule has 0 aliphatic carbocycles. The minimum atomic E-state index is -4.72. The van der Waals surface area contributed by atoms with Crippen LogP contribution in [0.25, 0.3) is 11.1 Å². The molecule has 0 saturated carbocycles. The summed E-state index contributed by atoms with van der Waals surface area (Å²) < 4.78 is 53.9. The van der Waals surface area contributed by atoms with Crippen LogP contribution >= 0.6 is 0 Å². The number of nitrogens with two attached hydrogens (primary N) is 1. The molecule has 0 bridgehead atoms. The summed E-state index contributed by atoms with van der Waals surface area (Å²) in [7, 11) is 0. The van der Waals surface area contributed by atoms with E-state index in [-0.39, 0.29) is 28.9 Å². The average Bonchev–Trinajstić information content (AvgIpc) is 3.35. The van der Waals surface area contributed by atoms with Crippen molar-refractivity contribution in [1.82, 2.24) is 15.3 Å². The van der Waals surface area contributed by atoms with Crippen molar-refractivity contribution in [3.05, 3.63) is 60.2 Å². The number of nitrogen functional groups attached to an aromatic ring is 1. The lowest BCUT2D eigenvalue weighted by Gasteiger charge is -2.39. The zero-order chi connectivity index (χ0) is 30.1. The molecule has 224 valence electrons. The molecule has 12 heteroatoms. The summed E-state index contributed by atoms with van der Waals surface area (Å²) in [5.74, 6) is -0.299. The highest BCUT2D eigenvalue weighted by Gasteiger charge is 2.45. The fourth-order valence-electron chi connectivity index (χ4n) is 5.65. The topological polar surface area (TPSA) is 123 Å². The number of rotatable bonds is 8. The van der Waals surface area contributed by atoms with Crippen molar-refractivity contribution in [2.24, 2.45) is 5.41 Å². The van der Waals surface area contributed by atoms with E-state index in [9.17, 15) is 23.1 Å². The molecule has 2 aliphatic rings. The number of piperidine rings is 1. The highest BCUT2D eigenvalue weighted by molar-refractivity contribution is 5.74. The summed E-state index contributed by atoms with van der Waals surface area (Å²) in [5.41, 5.74) is 7.22. The Balaban J connectivity index is 1.31. The summed E-state index contributed by atoms with van der Waals surface area (Å²) in [5, 5.41) is 12.4. The molecule has 0 radical (unpaired) electrons. The van der Waals surface area contributed by atoms with Crippen LogP contribution in [0.15, 0.2) is 54.6 Å². The van der Waals surface area contributed by atoms with Gasteiger partial charge in [-0.15, -0.1) is 0 Å². The first-order valence-electron chi connectivity index (χ1n) is 13.9. The van der Waals surface area contributed by atoms with E-state index in [1.54, 1.807) is 12.1 Å². The van der Waals surface area contributed by atoms with Gasteiger partial charge in [-0.3, -0.25) is 4.79 Å². The molecule has 0 amide bonds. The van der Waals surface area contributed by atoms with Gasteiger partial charge < -0.3 is 30.5 Å². The number of carboxylic acids is 1. The molecular formula is C30H34F3N5O4. The molecule has 1 spiro atoms. The molecule has 42 heavy (non-hydrogen) atoms. The van der Waals surface area contributed by atoms with Gasteiger partial charge in [-0.25, -0.2) is 0 Å². The van der Waals surface area contributed by atoms with Crippen LogP contribution in [0.2, 0.25) is 0 Å². The Morgan fingerprint density at radius 3 is 2.40 bits per heavy atom. The summed E-state index contributed by atoms with van der Waals surface area (Å²) >= 11 is 0. The Bertz CT molecular complexity index is 1410. The first kappa shape index (κ1) is 29.4. The predicted molar refractivity (Wildman–Crippen MR) is 151 cm³/mol. The number of aliphatic carboxylic acids is 1. The second kappa shape index (κ2) is 11.7. The fraction of sp³-hybridized carbons (Fsp3) is 0.433. The van der Waals surface area contributed by atoms with Crippen LogP contribution in [-0.4, -0.2) is 59.0 Å². The first-order valence-corrected chi connectivity index (χ1v) is 13.9. The highest BCUT2D eigenvalue weighted by atomic mass is 19.4. The van der Waals surface area contributed by atoms with Gasteiger partial charge in [-0.1, -0.05) is 36.4 Å². The van der Waals surface area contributed by atoms with Crippen molar-refractivity contribution in [3.63, 3.8) is 0 Å². The number of hydrogen-bond donors (Lipinski definition) is 3.